The van der Waals surface area contributed by atoms with Crippen LogP contribution in [0, 0.1) is 12.7 Å². The van der Waals surface area contributed by atoms with Crippen LogP contribution in [-0.2, 0) is 26.2 Å². The summed E-state index contributed by atoms with van der Waals surface area (Å²) in [7, 11) is -3.55. The van der Waals surface area contributed by atoms with Gasteiger partial charge in [0.1, 0.15) is 11.9 Å². The summed E-state index contributed by atoms with van der Waals surface area (Å²) in [6.07, 6.45) is 2.11. The molecule has 0 radical (unpaired) electrons. The molecule has 0 aliphatic heterocycles. The highest BCUT2D eigenvalue weighted by Crippen LogP contribution is 2.20. The molecule has 2 aromatic carbocycles. The summed E-state index contributed by atoms with van der Waals surface area (Å²) >= 11 is 0. The van der Waals surface area contributed by atoms with Gasteiger partial charge in [0.15, 0.2) is 0 Å². The molecular formula is C26H36FN3O4S. The molecule has 0 saturated carbocycles. The van der Waals surface area contributed by atoms with Gasteiger partial charge < -0.3 is 10.2 Å². The van der Waals surface area contributed by atoms with Crippen molar-refractivity contribution in [2.45, 2.75) is 65.6 Å². The molecule has 0 aromatic heterocycles. The van der Waals surface area contributed by atoms with Gasteiger partial charge >= 0.3 is 0 Å². The molecule has 2 aromatic rings. The predicted molar refractivity (Wildman–Crippen MR) is 137 cm³/mol. The van der Waals surface area contributed by atoms with Crippen LogP contribution in [0.2, 0.25) is 0 Å². The van der Waals surface area contributed by atoms with Gasteiger partial charge in [0.05, 0.1) is 11.9 Å². The molecule has 0 aliphatic rings. The van der Waals surface area contributed by atoms with Crippen molar-refractivity contribution in [3.63, 3.8) is 0 Å². The second-order valence-electron chi connectivity index (χ2n) is 8.88. The summed E-state index contributed by atoms with van der Waals surface area (Å²) in [5.41, 5.74) is 1.84. The SMILES string of the molecule is CC[C@H](C)NC(=O)[C@H](C)N(Cc1ccccc1F)C(=O)CCCN(c1ccc(C)cc1)S(C)(=O)=O. The van der Waals surface area contributed by atoms with Gasteiger partial charge in [0, 0.05) is 31.1 Å². The largest absolute Gasteiger partial charge is 0.352 e. The van der Waals surface area contributed by atoms with Gasteiger partial charge in [0.2, 0.25) is 21.8 Å². The van der Waals surface area contributed by atoms with E-state index in [0.717, 1.165) is 18.2 Å². The number of nitrogens with zero attached hydrogens (tertiary/aromatic N) is 2. The first-order valence-electron chi connectivity index (χ1n) is 11.8. The monoisotopic (exact) mass is 505 g/mol. The van der Waals surface area contributed by atoms with Crippen LogP contribution in [0.15, 0.2) is 48.5 Å². The molecule has 192 valence electrons. The van der Waals surface area contributed by atoms with Crippen molar-refractivity contribution < 1.29 is 22.4 Å². The highest BCUT2D eigenvalue weighted by atomic mass is 32.2. The topological polar surface area (TPSA) is 86.8 Å². The molecule has 2 amide bonds. The third kappa shape index (κ3) is 8.35. The highest BCUT2D eigenvalue weighted by molar-refractivity contribution is 7.92. The Labute approximate surface area is 208 Å². The zero-order valence-electron chi connectivity index (χ0n) is 21.1. The Morgan fingerprint density at radius 2 is 1.69 bits per heavy atom. The average Bonchev–Trinajstić information content (AvgIpc) is 2.80. The van der Waals surface area contributed by atoms with Gasteiger partial charge in [-0.25, -0.2) is 12.8 Å². The number of sulfonamides is 1. The lowest BCUT2D eigenvalue weighted by atomic mass is 10.1. The van der Waals surface area contributed by atoms with E-state index in [9.17, 15) is 22.4 Å². The van der Waals surface area contributed by atoms with Crippen molar-refractivity contribution in [3.05, 3.63) is 65.5 Å². The number of anilines is 1. The van der Waals surface area contributed by atoms with Crippen molar-refractivity contribution in [1.82, 2.24) is 10.2 Å². The van der Waals surface area contributed by atoms with Gasteiger partial charge in [-0.2, -0.15) is 0 Å². The van der Waals surface area contributed by atoms with Crippen LogP contribution >= 0.6 is 0 Å². The first-order valence-corrected chi connectivity index (χ1v) is 13.7. The third-order valence-electron chi connectivity index (χ3n) is 5.94. The molecule has 0 bridgehead atoms. The van der Waals surface area contributed by atoms with Crippen molar-refractivity contribution in [3.8, 4) is 0 Å². The van der Waals surface area contributed by atoms with E-state index in [1.807, 2.05) is 32.9 Å². The maximum Gasteiger partial charge on any atom is 0.242 e. The number of carbonyl (C=O) groups excluding carboxylic acids is 2. The van der Waals surface area contributed by atoms with Crippen LogP contribution < -0.4 is 9.62 Å². The Bertz CT molecular complexity index is 1110. The molecule has 9 heteroatoms. The van der Waals surface area contributed by atoms with Crippen molar-refractivity contribution in [2.24, 2.45) is 0 Å². The Morgan fingerprint density at radius 1 is 1.06 bits per heavy atom. The quantitative estimate of drug-likeness (QED) is 0.472. The van der Waals surface area contributed by atoms with Crippen molar-refractivity contribution >= 4 is 27.5 Å². The van der Waals surface area contributed by atoms with Crippen LogP contribution in [0.4, 0.5) is 10.1 Å². The summed E-state index contributed by atoms with van der Waals surface area (Å²) < 4.78 is 40.3. The fraction of sp³-hybridized carbons (Fsp3) is 0.462. The lowest BCUT2D eigenvalue weighted by Gasteiger charge is -2.30. The first kappa shape index (κ1) is 28.3. The van der Waals surface area contributed by atoms with Crippen molar-refractivity contribution in [1.29, 1.82) is 0 Å². The summed E-state index contributed by atoms with van der Waals surface area (Å²) in [4.78, 5) is 27.4. The number of amides is 2. The predicted octanol–water partition coefficient (Wildman–Crippen LogP) is 4.01. The summed E-state index contributed by atoms with van der Waals surface area (Å²) in [6.45, 7) is 7.39. The van der Waals surface area contributed by atoms with E-state index in [1.54, 1.807) is 37.3 Å². The summed E-state index contributed by atoms with van der Waals surface area (Å²) in [5, 5.41) is 2.87. The lowest BCUT2D eigenvalue weighted by molar-refractivity contribution is -0.141. The molecule has 0 fully saturated rings. The molecule has 35 heavy (non-hydrogen) atoms. The Hall–Kier alpha value is -2.94. The molecule has 0 heterocycles. The number of benzene rings is 2. The summed E-state index contributed by atoms with van der Waals surface area (Å²) in [6, 6.07) is 12.4. The molecule has 2 rings (SSSR count). The van der Waals surface area contributed by atoms with Gasteiger partial charge in [0.25, 0.3) is 0 Å². The van der Waals surface area contributed by atoms with E-state index in [1.165, 1.54) is 15.3 Å². The number of nitrogens with one attached hydrogen (secondary N) is 1. The maximum atomic E-state index is 14.3. The molecule has 0 aliphatic carbocycles. The molecule has 0 spiro atoms. The third-order valence-corrected chi connectivity index (χ3v) is 7.14. The van der Waals surface area contributed by atoms with Gasteiger partial charge in [-0.3, -0.25) is 13.9 Å². The minimum Gasteiger partial charge on any atom is -0.352 e. The van der Waals surface area contributed by atoms with E-state index in [2.05, 4.69) is 5.32 Å². The van der Waals surface area contributed by atoms with E-state index in [0.29, 0.717) is 11.3 Å². The Morgan fingerprint density at radius 3 is 2.26 bits per heavy atom. The van der Waals surface area contributed by atoms with Gasteiger partial charge in [-0.1, -0.05) is 42.8 Å². The minimum absolute atomic E-state index is 0.00723. The second-order valence-corrected chi connectivity index (χ2v) is 10.8. The fourth-order valence-corrected chi connectivity index (χ4v) is 4.54. The van der Waals surface area contributed by atoms with Crippen LogP contribution in [0.3, 0.4) is 0 Å². The molecule has 2 atom stereocenters. The molecular weight excluding hydrogens is 469 g/mol. The van der Waals surface area contributed by atoms with Crippen LogP contribution in [0.1, 0.15) is 51.2 Å². The second kappa shape index (κ2) is 12.7. The van der Waals surface area contributed by atoms with Gasteiger partial charge in [-0.05, 0) is 51.8 Å². The maximum absolute atomic E-state index is 14.3. The normalized spacial score (nSPS) is 13.1. The molecule has 7 nitrogen and oxygen atoms in total. The van der Waals surface area contributed by atoms with E-state index >= 15 is 0 Å². The number of halogens is 1. The minimum atomic E-state index is -3.55. The summed E-state index contributed by atoms with van der Waals surface area (Å²) in [5.74, 6) is -1.12. The van der Waals surface area contributed by atoms with E-state index in [4.69, 9.17) is 0 Å². The Kier molecular flexibility index (Phi) is 10.2. The van der Waals surface area contributed by atoms with E-state index in [-0.39, 0.29) is 43.8 Å². The van der Waals surface area contributed by atoms with Crippen molar-refractivity contribution in [2.75, 3.05) is 17.1 Å². The van der Waals surface area contributed by atoms with E-state index < -0.39 is 21.9 Å². The number of hydrogen-bond acceptors (Lipinski definition) is 4. The number of hydrogen-bond donors (Lipinski definition) is 1. The van der Waals surface area contributed by atoms with Crippen LogP contribution in [0.5, 0.6) is 0 Å². The average molecular weight is 506 g/mol. The molecule has 0 saturated heterocycles. The Balaban J connectivity index is 2.18. The number of carbonyl (C=O) groups is 2. The van der Waals surface area contributed by atoms with Crippen LogP contribution in [-0.4, -0.2) is 50.0 Å². The fourth-order valence-electron chi connectivity index (χ4n) is 3.57. The smallest absolute Gasteiger partial charge is 0.242 e. The number of rotatable bonds is 12. The zero-order chi connectivity index (χ0) is 26.2. The molecule has 0 unspecified atom stereocenters. The lowest BCUT2D eigenvalue weighted by Crippen LogP contribution is -2.49. The molecule has 1 N–H and O–H groups in total. The standard InChI is InChI=1S/C26H36FN3O4S/c1-6-20(3)28-26(32)21(4)29(18-22-10-7-8-11-24(22)27)25(31)12-9-17-30(35(5,33)34)23-15-13-19(2)14-16-23/h7-8,10-11,13-16,20-21H,6,9,12,17-18H2,1-5H3,(H,28,32)/t20-,21-/m0/s1. The number of aryl methyl sites for hydroxylation is 1. The first-order chi connectivity index (χ1) is 16.4. The van der Waals surface area contributed by atoms with Crippen LogP contribution in [0.25, 0.3) is 0 Å². The van der Waals surface area contributed by atoms with Gasteiger partial charge in [-0.15, -0.1) is 0 Å². The zero-order valence-corrected chi connectivity index (χ0v) is 21.9. The highest BCUT2D eigenvalue weighted by Gasteiger charge is 2.27.